The highest BCUT2D eigenvalue weighted by atomic mass is 35.5. The van der Waals surface area contributed by atoms with E-state index in [-0.39, 0.29) is 0 Å². The first-order valence-corrected chi connectivity index (χ1v) is 22.2. The number of aromatic carboxylic acids is 1. The molecule has 0 radical (unpaired) electrons. The Morgan fingerprint density at radius 1 is 0.783 bits per heavy atom. The molecule has 0 atom stereocenters. The summed E-state index contributed by atoms with van der Waals surface area (Å²) in [6.07, 6.45) is 5.92. The number of carbonyl (C=O) groups is 2. The van der Waals surface area contributed by atoms with Gasteiger partial charge in [0, 0.05) is 71.6 Å². The lowest BCUT2D eigenvalue weighted by Crippen LogP contribution is -2.48. The Balaban J connectivity index is 0.000000433. The van der Waals surface area contributed by atoms with E-state index in [2.05, 4.69) is 74.4 Å². The number of hydrogen-bond donors (Lipinski definition) is 1. The fourth-order valence-corrected chi connectivity index (χ4v) is 8.96. The number of ether oxygens (including phenoxy) is 1. The van der Waals surface area contributed by atoms with E-state index >= 15 is 0 Å². The molecule has 0 spiro atoms. The summed E-state index contributed by atoms with van der Waals surface area (Å²) in [6.45, 7) is 18.8. The molecule has 0 aliphatic carbocycles. The van der Waals surface area contributed by atoms with Crippen LogP contribution in [0.3, 0.4) is 0 Å². The van der Waals surface area contributed by atoms with Crippen molar-refractivity contribution in [2.24, 2.45) is 0 Å². The van der Waals surface area contributed by atoms with Crippen molar-refractivity contribution in [2.75, 3.05) is 39.8 Å². The average molecular weight is 830 g/mol. The number of fused-ring (bicyclic) bond motifs is 2. The van der Waals surface area contributed by atoms with Crippen molar-refractivity contribution in [2.45, 2.75) is 92.5 Å². The van der Waals surface area contributed by atoms with Gasteiger partial charge in [0.25, 0.3) is 0 Å². The Morgan fingerprint density at radius 3 is 2.08 bits per heavy atom. The predicted octanol–water partition coefficient (Wildman–Crippen LogP) is 12.5. The quantitative estimate of drug-likeness (QED) is 0.118. The largest absolute Gasteiger partial charge is 0.497 e. The molecule has 6 aromatic rings. The summed E-state index contributed by atoms with van der Waals surface area (Å²) >= 11 is 6.21. The number of nitrogens with zero attached hydrogens (tertiary/aromatic N) is 4. The number of aryl methyl sites for hydroxylation is 2. The Morgan fingerprint density at radius 2 is 1.47 bits per heavy atom. The van der Waals surface area contributed by atoms with Crippen molar-refractivity contribution in [3.8, 4) is 39.4 Å². The molecule has 1 aliphatic rings. The lowest BCUT2D eigenvalue weighted by atomic mass is 9.85. The number of amides is 1. The summed E-state index contributed by atoms with van der Waals surface area (Å²) in [4.78, 5) is 32.9. The van der Waals surface area contributed by atoms with E-state index in [9.17, 15) is 14.7 Å². The third kappa shape index (κ3) is 9.56. The molecule has 1 saturated heterocycles. The van der Waals surface area contributed by atoms with Gasteiger partial charge >= 0.3 is 5.97 Å². The molecule has 1 amide bonds. The zero-order chi connectivity index (χ0) is 42.9. The van der Waals surface area contributed by atoms with Gasteiger partial charge in [0.15, 0.2) is 0 Å². The normalized spacial score (nSPS) is 13.2. The molecule has 1 aliphatic heterocycles. The smallest absolute Gasteiger partial charge is 0.335 e. The van der Waals surface area contributed by atoms with Crippen LogP contribution >= 0.6 is 11.6 Å². The van der Waals surface area contributed by atoms with Crippen LogP contribution < -0.4 is 4.74 Å². The van der Waals surface area contributed by atoms with Crippen molar-refractivity contribution in [3.63, 3.8) is 0 Å². The van der Waals surface area contributed by atoms with Gasteiger partial charge in [-0.05, 0) is 109 Å². The van der Waals surface area contributed by atoms with Gasteiger partial charge in [0.1, 0.15) is 5.75 Å². The number of carboxylic acids is 1. The zero-order valence-corrected chi connectivity index (χ0v) is 37.2. The topological polar surface area (TPSA) is 87.9 Å². The maximum absolute atomic E-state index is 12.1. The number of carboxylic acid groups (broad SMARTS) is 1. The highest BCUT2D eigenvalue weighted by Gasteiger charge is 2.27. The number of halogens is 1. The number of aromatic nitrogens is 2. The molecule has 0 saturated carbocycles. The minimum absolute atomic E-state index is 0.297. The van der Waals surface area contributed by atoms with Crippen LogP contribution in [0.2, 0.25) is 5.02 Å². The van der Waals surface area contributed by atoms with Crippen LogP contribution in [-0.2, 0) is 11.3 Å². The molecular weight excluding hydrogens is 768 g/mol. The van der Waals surface area contributed by atoms with Crippen LogP contribution in [0.4, 0.5) is 0 Å². The van der Waals surface area contributed by atoms with Crippen molar-refractivity contribution < 1.29 is 19.4 Å². The van der Waals surface area contributed by atoms with E-state index in [1.54, 1.807) is 13.2 Å². The molecule has 0 unspecified atom stereocenters. The van der Waals surface area contributed by atoms with Gasteiger partial charge in [-0.3, -0.25) is 4.79 Å². The van der Waals surface area contributed by atoms with Gasteiger partial charge in [0.2, 0.25) is 5.91 Å². The molecule has 8 nitrogen and oxygen atoms in total. The maximum atomic E-state index is 12.1. The minimum Gasteiger partial charge on any atom is -0.497 e. The summed E-state index contributed by atoms with van der Waals surface area (Å²) in [6, 6.07) is 28.3. The minimum atomic E-state index is -0.901. The number of carbonyl (C=O) groups excluding carboxylic acids is 1. The van der Waals surface area contributed by atoms with Crippen LogP contribution in [-0.4, -0.2) is 76.2 Å². The van der Waals surface area contributed by atoms with Gasteiger partial charge < -0.3 is 24.2 Å². The lowest BCUT2D eigenvalue weighted by Gasteiger charge is -2.33. The van der Waals surface area contributed by atoms with Crippen LogP contribution in [0.15, 0.2) is 84.9 Å². The first-order chi connectivity index (χ1) is 29.1. The first-order valence-electron chi connectivity index (χ1n) is 21.8. The van der Waals surface area contributed by atoms with E-state index < -0.39 is 5.97 Å². The van der Waals surface area contributed by atoms with Crippen LogP contribution in [0.5, 0.6) is 5.75 Å². The van der Waals surface area contributed by atoms with Gasteiger partial charge in [-0.1, -0.05) is 95.5 Å². The van der Waals surface area contributed by atoms with Crippen molar-refractivity contribution in [1.82, 2.24) is 19.4 Å². The second-order valence-electron chi connectivity index (χ2n) is 15.8. The summed E-state index contributed by atoms with van der Waals surface area (Å²) in [5.74, 6) is 0.543. The zero-order valence-electron chi connectivity index (χ0n) is 36.5. The number of hydrogen-bond acceptors (Lipinski definition) is 5. The Kier molecular flexibility index (Phi) is 15.1. The van der Waals surface area contributed by atoms with Gasteiger partial charge in [-0.25, -0.2) is 9.78 Å². The average Bonchev–Trinajstić information content (AvgIpc) is 3.59. The second-order valence-corrected chi connectivity index (χ2v) is 16.3. The van der Waals surface area contributed by atoms with E-state index in [0.717, 1.165) is 121 Å². The Bertz CT molecular complexity index is 2430. The summed E-state index contributed by atoms with van der Waals surface area (Å²) in [7, 11) is 1.68. The molecule has 1 fully saturated rings. The Hall–Kier alpha value is -5.18. The van der Waals surface area contributed by atoms with Gasteiger partial charge in [0.05, 0.1) is 29.6 Å². The molecule has 2 aromatic heterocycles. The van der Waals surface area contributed by atoms with E-state index in [0.29, 0.717) is 28.8 Å². The molecule has 3 heterocycles. The van der Waals surface area contributed by atoms with E-state index in [1.807, 2.05) is 60.4 Å². The number of piperazine rings is 1. The van der Waals surface area contributed by atoms with Crippen molar-refractivity contribution >= 4 is 45.3 Å². The van der Waals surface area contributed by atoms with Gasteiger partial charge in [-0.2, -0.15) is 0 Å². The molecule has 0 bridgehead atoms. The third-order valence-corrected chi connectivity index (χ3v) is 12.3. The van der Waals surface area contributed by atoms with Crippen molar-refractivity contribution in [1.29, 1.82) is 0 Å². The molecule has 4 aromatic carbocycles. The van der Waals surface area contributed by atoms with Gasteiger partial charge in [-0.15, -0.1) is 0 Å². The van der Waals surface area contributed by atoms with Crippen LogP contribution in [0.1, 0.15) is 101 Å². The lowest BCUT2D eigenvalue weighted by molar-refractivity contribution is -0.132. The molecule has 7 rings (SSSR count). The summed E-state index contributed by atoms with van der Waals surface area (Å²) < 4.78 is 7.99. The standard InChI is InChI=1S/C42H43ClN2O3.C9H18N2O/c1-6-9-28(10-7-2)40-35-17-13-29(42(46)47)24-39(35)45(23-8-3)41(40)33-20-22-37-32(26(33)4)19-21-38(44-37)36-25-31(48-5)16-18-34(36)27-11-14-30(43)15-12-27;1-3-9(12)11-7-5-10(4-2)6-8-11/h11-22,24-25,28H,6-10,23H2,1-5H3,(H,46,47);3-8H2,1-2H3. The van der Waals surface area contributed by atoms with E-state index in [4.69, 9.17) is 21.3 Å². The number of pyridine rings is 1. The highest BCUT2D eigenvalue weighted by molar-refractivity contribution is 6.30. The third-order valence-electron chi connectivity index (χ3n) is 12.0. The fourth-order valence-electron chi connectivity index (χ4n) is 8.84. The monoisotopic (exact) mass is 828 g/mol. The maximum Gasteiger partial charge on any atom is 0.335 e. The number of methoxy groups -OCH3 is 1. The van der Waals surface area contributed by atoms with E-state index in [1.165, 1.54) is 22.4 Å². The SMILES string of the molecule is CCC(=O)N1CCN(CC)CC1.CCCC(CCC)c1c(-c2ccc3nc(-c4cc(OC)ccc4-c4ccc(Cl)cc4)ccc3c2C)n(CCC)c2cc(C(=O)O)ccc12. The number of likely N-dealkylation sites (N-methyl/N-ethyl adjacent to an activating group) is 1. The molecule has 316 valence electrons. The first kappa shape index (κ1) is 44.4. The van der Waals surface area contributed by atoms with Crippen LogP contribution in [0.25, 0.3) is 55.4 Å². The number of rotatable bonds is 14. The summed E-state index contributed by atoms with van der Waals surface area (Å²) in [5.41, 5.74) is 11.1. The second kappa shape index (κ2) is 20.4. The molecule has 60 heavy (non-hydrogen) atoms. The van der Waals surface area contributed by atoms with Crippen molar-refractivity contribution in [3.05, 3.63) is 107 Å². The number of benzene rings is 4. The molecule has 1 N–H and O–H groups in total. The van der Waals surface area contributed by atoms with Crippen LogP contribution in [0, 0.1) is 6.92 Å². The molecular formula is C51H61ClN4O4. The molecule has 9 heteroatoms. The Labute approximate surface area is 361 Å². The predicted molar refractivity (Wildman–Crippen MR) is 249 cm³/mol. The highest BCUT2D eigenvalue weighted by Crippen LogP contribution is 2.45. The summed E-state index contributed by atoms with van der Waals surface area (Å²) in [5, 5.41) is 12.9. The fraction of sp³-hybridized carbons (Fsp3) is 0.392.